The molecule has 1 amide bonds. The number of halogens is 3. The van der Waals surface area contributed by atoms with Crippen LogP contribution in [0.5, 0.6) is 0 Å². The van der Waals surface area contributed by atoms with E-state index in [1.54, 1.807) is 0 Å². The normalized spacial score (nSPS) is 39.6. The lowest BCUT2D eigenvalue weighted by molar-refractivity contribution is -0.174. The van der Waals surface area contributed by atoms with E-state index in [-0.39, 0.29) is 31.4 Å². The Hall–Kier alpha value is 0.830. The molecule has 7 heteroatoms. The molecule has 4 aliphatic rings. The maximum atomic E-state index is 13.4. The molecule has 3 saturated carbocycles. The third kappa shape index (κ3) is 2.22. The predicted octanol–water partition coefficient (Wildman–Crippen LogP) is 2.81. The first kappa shape index (κ1) is 18.6. The van der Waals surface area contributed by atoms with Crippen LogP contribution in [0.2, 0.25) is 0 Å². The number of aliphatic hydroxyl groups is 1. The van der Waals surface area contributed by atoms with Gasteiger partial charge in [-0.15, -0.1) is 0 Å². The monoisotopic (exact) mass is 514 g/mol. The summed E-state index contributed by atoms with van der Waals surface area (Å²) in [5.41, 5.74) is -0.238. The van der Waals surface area contributed by atoms with Gasteiger partial charge in [-0.2, -0.15) is 0 Å². The average molecular weight is 517 g/mol. The van der Waals surface area contributed by atoms with Gasteiger partial charge in [0.2, 0.25) is 5.91 Å². The molecule has 0 aromatic heterocycles. The molecule has 2 bridgehead atoms. The molecule has 0 aromatic rings. The van der Waals surface area contributed by atoms with Crippen LogP contribution in [0.25, 0.3) is 0 Å². The van der Waals surface area contributed by atoms with Crippen LogP contribution in [0.1, 0.15) is 26.7 Å². The standard InChI is InChI=1S/C16H25Br3N2O2/c1-14(2)15(12(18)19)3-4-16(14,11(15)17)13(23)21-7-5-20(6-8-21)9-10-22/h11-12,22H,3-10H2,1-2H3. The van der Waals surface area contributed by atoms with E-state index in [0.717, 1.165) is 39.0 Å². The second kappa shape index (κ2) is 6.22. The van der Waals surface area contributed by atoms with Gasteiger partial charge in [0.1, 0.15) is 0 Å². The average Bonchev–Trinajstić information content (AvgIpc) is 2.97. The fourth-order valence-electron chi connectivity index (χ4n) is 5.27. The molecule has 1 saturated heterocycles. The van der Waals surface area contributed by atoms with Crippen LogP contribution < -0.4 is 0 Å². The Kier molecular flexibility index (Phi) is 5.03. The van der Waals surface area contributed by atoms with E-state index in [1.165, 1.54) is 0 Å². The minimum Gasteiger partial charge on any atom is -0.395 e. The van der Waals surface area contributed by atoms with Crippen molar-refractivity contribution < 1.29 is 9.90 Å². The quantitative estimate of drug-likeness (QED) is 0.584. The lowest BCUT2D eigenvalue weighted by Crippen LogP contribution is -2.73. The highest BCUT2D eigenvalue weighted by Crippen LogP contribution is 2.82. The van der Waals surface area contributed by atoms with Gasteiger partial charge in [0.25, 0.3) is 0 Å². The van der Waals surface area contributed by atoms with Crippen molar-refractivity contribution in [3.8, 4) is 0 Å². The number of β-amino-alcohol motifs (C(OH)–C–C–N with tert-alkyl or cyclic N) is 1. The minimum atomic E-state index is -0.286. The Morgan fingerprint density at radius 1 is 1.22 bits per heavy atom. The van der Waals surface area contributed by atoms with Crippen LogP contribution >= 0.6 is 47.8 Å². The molecule has 3 unspecified atom stereocenters. The maximum absolute atomic E-state index is 13.4. The Balaban J connectivity index is 1.77. The summed E-state index contributed by atoms with van der Waals surface area (Å²) >= 11 is 11.4. The van der Waals surface area contributed by atoms with E-state index in [0.29, 0.717) is 12.5 Å². The number of rotatable bonds is 4. The van der Waals surface area contributed by atoms with E-state index >= 15 is 0 Å². The molecule has 4 rings (SSSR count). The SMILES string of the molecule is CC1(C)C2(C(=O)N3CCN(CCO)CC3)CCC1(C(Br)Br)C2Br. The molecule has 0 radical (unpaired) electrons. The molecule has 3 aliphatic carbocycles. The van der Waals surface area contributed by atoms with Crippen LogP contribution in [-0.2, 0) is 4.79 Å². The second-order valence-corrected chi connectivity index (χ2v) is 11.6. The summed E-state index contributed by atoms with van der Waals surface area (Å²) in [7, 11) is 0. The largest absolute Gasteiger partial charge is 0.395 e. The number of nitrogens with zero attached hydrogens (tertiary/aromatic N) is 2. The van der Waals surface area contributed by atoms with Crippen molar-refractivity contribution in [2.24, 2.45) is 16.2 Å². The second-order valence-electron chi connectivity index (χ2n) is 7.66. The number of alkyl halides is 3. The summed E-state index contributed by atoms with van der Waals surface area (Å²) in [6, 6.07) is 0. The zero-order valence-corrected chi connectivity index (χ0v) is 18.5. The zero-order valence-electron chi connectivity index (χ0n) is 13.7. The Labute approximate surface area is 163 Å². The van der Waals surface area contributed by atoms with Crippen LogP contribution in [0.3, 0.4) is 0 Å². The highest BCUT2D eigenvalue weighted by molar-refractivity contribution is 9.24. The molecule has 1 aliphatic heterocycles. The van der Waals surface area contributed by atoms with E-state index in [4.69, 9.17) is 5.11 Å². The minimum absolute atomic E-state index is 0.0366. The molecular formula is C16H25Br3N2O2. The van der Waals surface area contributed by atoms with Crippen molar-refractivity contribution in [3.05, 3.63) is 0 Å². The number of fused-ring (bicyclic) bond motifs is 1. The summed E-state index contributed by atoms with van der Waals surface area (Å²) < 4.78 is 0.215. The smallest absolute Gasteiger partial charge is 0.230 e. The number of carbonyl (C=O) groups excluding carboxylic acids is 1. The van der Waals surface area contributed by atoms with E-state index < -0.39 is 0 Å². The summed E-state index contributed by atoms with van der Waals surface area (Å²) in [6.07, 6.45) is 2.02. The van der Waals surface area contributed by atoms with Crippen molar-refractivity contribution in [1.82, 2.24) is 9.80 Å². The van der Waals surface area contributed by atoms with Crippen molar-refractivity contribution in [1.29, 1.82) is 0 Å². The van der Waals surface area contributed by atoms with Gasteiger partial charge in [-0.3, -0.25) is 9.69 Å². The van der Waals surface area contributed by atoms with Gasteiger partial charge in [0.05, 0.1) is 15.8 Å². The number of hydrogen-bond donors (Lipinski definition) is 1. The van der Waals surface area contributed by atoms with Gasteiger partial charge >= 0.3 is 0 Å². The fraction of sp³-hybridized carbons (Fsp3) is 0.938. The van der Waals surface area contributed by atoms with Gasteiger partial charge in [0, 0.05) is 43.0 Å². The topological polar surface area (TPSA) is 43.8 Å². The molecule has 23 heavy (non-hydrogen) atoms. The molecule has 4 nitrogen and oxygen atoms in total. The van der Waals surface area contributed by atoms with E-state index in [1.807, 2.05) is 0 Å². The summed E-state index contributed by atoms with van der Waals surface area (Å²) in [5, 5.41) is 9.06. The van der Waals surface area contributed by atoms with Crippen LogP contribution in [0.4, 0.5) is 0 Å². The number of piperazine rings is 1. The number of aliphatic hydroxyl groups excluding tert-OH is 1. The first-order valence-electron chi connectivity index (χ1n) is 8.30. The van der Waals surface area contributed by atoms with Gasteiger partial charge in [0.15, 0.2) is 0 Å². The van der Waals surface area contributed by atoms with E-state index in [2.05, 4.69) is 71.4 Å². The molecule has 0 spiro atoms. The van der Waals surface area contributed by atoms with Crippen molar-refractivity contribution >= 4 is 53.7 Å². The predicted molar refractivity (Wildman–Crippen MR) is 102 cm³/mol. The lowest BCUT2D eigenvalue weighted by atomic mass is 9.43. The van der Waals surface area contributed by atoms with Crippen molar-refractivity contribution in [2.45, 2.75) is 35.3 Å². The molecule has 4 fully saturated rings. The molecule has 3 atom stereocenters. The third-order valence-corrected chi connectivity index (χ3v) is 10.2. The highest BCUT2D eigenvalue weighted by atomic mass is 79.9. The highest BCUT2D eigenvalue weighted by Gasteiger charge is 2.83. The van der Waals surface area contributed by atoms with Gasteiger partial charge in [-0.1, -0.05) is 61.6 Å². The number of amides is 1. The molecular weight excluding hydrogens is 492 g/mol. The van der Waals surface area contributed by atoms with Crippen molar-refractivity contribution in [3.63, 3.8) is 0 Å². The summed E-state index contributed by atoms with van der Waals surface area (Å²) in [6.45, 7) is 8.68. The summed E-state index contributed by atoms with van der Waals surface area (Å²) in [4.78, 5) is 17.9. The number of carbonyl (C=O) groups is 1. The lowest BCUT2D eigenvalue weighted by Gasteiger charge is -2.67. The number of hydrogen-bond acceptors (Lipinski definition) is 3. The van der Waals surface area contributed by atoms with Gasteiger partial charge < -0.3 is 10.0 Å². The van der Waals surface area contributed by atoms with Crippen LogP contribution in [0.15, 0.2) is 0 Å². The van der Waals surface area contributed by atoms with Gasteiger partial charge in [-0.25, -0.2) is 0 Å². The Morgan fingerprint density at radius 3 is 2.26 bits per heavy atom. The van der Waals surface area contributed by atoms with Crippen LogP contribution in [0, 0.1) is 16.2 Å². The zero-order chi connectivity index (χ0) is 17.0. The summed E-state index contributed by atoms with van der Waals surface area (Å²) in [5.74, 6) is 0.321. The van der Waals surface area contributed by atoms with Crippen molar-refractivity contribution in [2.75, 3.05) is 39.3 Å². The fourth-order valence-corrected chi connectivity index (χ4v) is 10.2. The molecule has 1 N–H and O–H groups in total. The van der Waals surface area contributed by atoms with Crippen LogP contribution in [-0.4, -0.2) is 68.7 Å². The van der Waals surface area contributed by atoms with E-state index in [9.17, 15) is 4.79 Å². The first-order chi connectivity index (χ1) is 10.8. The molecule has 1 heterocycles. The molecule has 132 valence electrons. The maximum Gasteiger partial charge on any atom is 0.230 e. The molecule has 0 aromatic carbocycles. The van der Waals surface area contributed by atoms with Gasteiger partial charge in [-0.05, 0) is 18.3 Å². The Morgan fingerprint density at radius 2 is 1.83 bits per heavy atom. The Bertz CT molecular complexity index is 494. The third-order valence-electron chi connectivity index (χ3n) is 6.94. The first-order valence-corrected chi connectivity index (χ1v) is 11.0.